The molecule has 0 spiro atoms. The molecule has 1 aromatic carbocycles. The first-order valence-electron chi connectivity index (χ1n) is 5.88. The summed E-state index contributed by atoms with van der Waals surface area (Å²) >= 11 is 5.74. The van der Waals surface area contributed by atoms with Crippen LogP contribution in [-0.4, -0.2) is 10.8 Å². The second-order valence-electron chi connectivity index (χ2n) is 4.15. The molecule has 0 aliphatic carbocycles. The summed E-state index contributed by atoms with van der Waals surface area (Å²) < 4.78 is 5.40. The number of nitro benzene ring substituents is 1. The third kappa shape index (κ3) is 3.13. The molecule has 0 saturated heterocycles. The van der Waals surface area contributed by atoms with Crippen LogP contribution < -0.4 is 5.73 Å². The number of nitro groups is 1. The first kappa shape index (κ1) is 15.3. The molecule has 7 nitrogen and oxygen atoms in total. The molecule has 1 heterocycles. The van der Waals surface area contributed by atoms with Crippen LogP contribution in [0.1, 0.15) is 5.76 Å². The molecular formula is C14H8ClN3O4. The maximum atomic E-state index is 11.1. The molecule has 0 aliphatic heterocycles. The second-order valence-corrected chi connectivity index (χ2v) is 4.59. The Bertz CT molecular complexity index is 833. The van der Waals surface area contributed by atoms with Crippen molar-refractivity contribution in [3.63, 3.8) is 0 Å². The third-order valence-corrected chi connectivity index (χ3v) is 2.96. The molecule has 8 heteroatoms. The van der Waals surface area contributed by atoms with Gasteiger partial charge in [0.15, 0.2) is 0 Å². The van der Waals surface area contributed by atoms with Gasteiger partial charge in [-0.2, -0.15) is 5.26 Å². The van der Waals surface area contributed by atoms with Gasteiger partial charge in [-0.15, -0.1) is 0 Å². The molecule has 2 rings (SSSR count). The standard InChI is InChI=1S/C14H8ClN3O4/c15-9-1-3-11(12(6-9)18(20)21)13-4-2-10(22-13)5-8(7-16)14(17)19/h1-6H,(H2,17,19)/b8-5-. The fraction of sp³-hybridized carbons (Fsp3) is 0. The van der Waals surface area contributed by atoms with E-state index < -0.39 is 10.8 Å². The van der Waals surface area contributed by atoms with Crippen molar-refractivity contribution < 1.29 is 14.1 Å². The quantitative estimate of drug-likeness (QED) is 0.402. The average Bonchev–Trinajstić information content (AvgIpc) is 2.92. The largest absolute Gasteiger partial charge is 0.456 e. The summed E-state index contributed by atoms with van der Waals surface area (Å²) in [5.41, 5.74) is 4.75. The number of hydrogen-bond donors (Lipinski definition) is 1. The van der Waals surface area contributed by atoms with Crippen LogP contribution in [0.5, 0.6) is 0 Å². The Morgan fingerprint density at radius 3 is 2.73 bits per heavy atom. The zero-order valence-electron chi connectivity index (χ0n) is 10.9. The Labute approximate surface area is 129 Å². The number of halogens is 1. The summed E-state index contributed by atoms with van der Waals surface area (Å²) in [6.07, 6.45) is 1.16. The van der Waals surface area contributed by atoms with Gasteiger partial charge in [-0.25, -0.2) is 0 Å². The summed E-state index contributed by atoms with van der Waals surface area (Å²) in [5.74, 6) is -0.510. The minimum Gasteiger partial charge on any atom is -0.456 e. The second kappa shape index (κ2) is 6.11. The first-order chi connectivity index (χ1) is 10.4. The van der Waals surface area contributed by atoms with Crippen LogP contribution in [0.3, 0.4) is 0 Å². The Morgan fingerprint density at radius 1 is 1.41 bits per heavy atom. The van der Waals surface area contributed by atoms with Crippen molar-refractivity contribution in [2.75, 3.05) is 0 Å². The van der Waals surface area contributed by atoms with Crippen LogP contribution >= 0.6 is 11.6 Å². The lowest BCUT2D eigenvalue weighted by Gasteiger charge is -2.00. The van der Waals surface area contributed by atoms with Gasteiger partial charge >= 0.3 is 0 Å². The Morgan fingerprint density at radius 2 is 2.14 bits per heavy atom. The van der Waals surface area contributed by atoms with Crippen LogP contribution in [-0.2, 0) is 4.79 Å². The molecule has 2 aromatic rings. The van der Waals surface area contributed by atoms with E-state index in [-0.39, 0.29) is 33.4 Å². The number of carbonyl (C=O) groups excluding carboxylic acids is 1. The molecular weight excluding hydrogens is 310 g/mol. The predicted molar refractivity (Wildman–Crippen MR) is 78.6 cm³/mol. The zero-order chi connectivity index (χ0) is 16.3. The van der Waals surface area contributed by atoms with E-state index >= 15 is 0 Å². The highest BCUT2D eigenvalue weighted by atomic mass is 35.5. The van der Waals surface area contributed by atoms with Gasteiger partial charge in [0.25, 0.3) is 11.6 Å². The Hall–Kier alpha value is -3.11. The van der Waals surface area contributed by atoms with Crippen LogP contribution in [0, 0.1) is 21.4 Å². The van der Waals surface area contributed by atoms with Crippen LogP contribution in [0.2, 0.25) is 5.02 Å². The maximum absolute atomic E-state index is 11.1. The summed E-state index contributed by atoms with van der Waals surface area (Å²) in [5, 5.41) is 20.0. The van der Waals surface area contributed by atoms with Crippen molar-refractivity contribution in [1.82, 2.24) is 0 Å². The summed E-state index contributed by atoms with van der Waals surface area (Å²) in [6.45, 7) is 0. The van der Waals surface area contributed by atoms with E-state index in [1.807, 2.05) is 0 Å². The molecule has 0 atom stereocenters. The lowest BCUT2D eigenvalue weighted by molar-refractivity contribution is -0.384. The SMILES string of the molecule is N#C/C(=C/c1ccc(-c2ccc(Cl)cc2[N+](=O)[O-])o1)C(N)=O. The molecule has 0 radical (unpaired) electrons. The molecule has 1 aromatic heterocycles. The van der Waals surface area contributed by atoms with Crippen molar-refractivity contribution in [3.8, 4) is 17.4 Å². The number of primary amides is 1. The lowest BCUT2D eigenvalue weighted by atomic mass is 10.1. The number of furan rings is 1. The number of benzene rings is 1. The van der Waals surface area contributed by atoms with Gasteiger partial charge < -0.3 is 10.2 Å². The van der Waals surface area contributed by atoms with Gasteiger partial charge in [-0.05, 0) is 24.3 Å². The fourth-order valence-electron chi connectivity index (χ4n) is 1.74. The van der Waals surface area contributed by atoms with Gasteiger partial charge in [-0.3, -0.25) is 14.9 Å². The number of nitriles is 1. The number of hydrogen-bond acceptors (Lipinski definition) is 5. The molecule has 110 valence electrons. The van der Waals surface area contributed by atoms with Crippen LogP contribution in [0.15, 0.2) is 40.3 Å². The molecule has 0 unspecified atom stereocenters. The van der Waals surface area contributed by atoms with E-state index in [1.54, 1.807) is 6.07 Å². The predicted octanol–water partition coefficient (Wildman–Crippen LogP) is 2.90. The molecule has 1 amide bonds. The lowest BCUT2D eigenvalue weighted by Crippen LogP contribution is -2.12. The molecule has 22 heavy (non-hydrogen) atoms. The highest BCUT2D eigenvalue weighted by Crippen LogP contribution is 2.33. The highest BCUT2D eigenvalue weighted by molar-refractivity contribution is 6.30. The van der Waals surface area contributed by atoms with Crippen molar-refractivity contribution in [1.29, 1.82) is 5.26 Å². The smallest absolute Gasteiger partial charge is 0.281 e. The first-order valence-corrected chi connectivity index (χ1v) is 6.26. The molecule has 0 saturated carbocycles. The zero-order valence-corrected chi connectivity index (χ0v) is 11.7. The number of carbonyl (C=O) groups is 1. The van der Waals surface area contributed by atoms with Crippen molar-refractivity contribution in [2.24, 2.45) is 5.73 Å². The topological polar surface area (TPSA) is 123 Å². The normalized spacial score (nSPS) is 11.0. The number of rotatable bonds is 4. The van der Waals surface area contributed by atoms with E-state index in [2.05, 4.69) is 0 Å². The maximum Gasteiger partial charge on any atom is 0.281 e. The minimum atomic E-state index is -0.891. The summed E-state index contributed by atoms with van der Waals surface area (Å²) in [6, 6.07) is 8.74. The van der Waals surface area contributed by atoms with Gasteiger partial charge in [0.05, 0.1) is 10.5 Å². The summed E-state index contributed by atoms with van der Waals surface area (Å²) in [4.78, 5) is 21.5. The highest BCUT2D eigenvalue weighted by Gasteiger charge is 2.18. The van der Waals surface area contributed by atoms with E-state index in [0.717, 1.165) is 6.08 Å². The molecule has 2 N–H and O–H groups in total. The Kier molecular flexibility index (Phi) is 4.25. The third-order valence-electron chi connectivity index (χ3n) is 2.72. The van der Waals surface area contributed by atoms with Gasteiger partial charge in [-0.1, -0.05) is 11.6 Å². The van der Waals surface area contributed by atoms with E-state index in [4.69, 9.17) is 27.0 Å². The van der Waals surface area contributed by atoms with Crippen molar-refractivity contribution in [2.45, 2.75) is 0 Å². The summed E-state index contributed by atoms with van der Waals surface area (Å²) in [7, 11) is 0. The van der Waals surface area contributed by atoms with Crippen molar-refractivity contribution in [3.05, 3.63) is 56.8 Å². The fourth-order valence-corrected chi connectivity index (χ4v) is 1.91. The Balaban J connectivity index is 2.48. The number of amides is 1. The van der Waals surface area contributed by atoms with Crippen LogP contribution in [0.25, 0.3) is 17.4 Å². The average molecular weight is 318 g/mol. The van der Waals surface area contributed by atoms with Crippen molar-refractivity contribution >= 4 is 29.3 Å². The van der Waals surface area contributed by atoms with Gasteiger partial charge in [0, 0.05) is 17.2 Å². The molecule has 0 fully saturated rings. The van der Waals surface area contributed by atoms with Crippen LogP contribution in [0.4, 0.5) is 5.69 Å². The number of nitrogens with two attached hydrogens (primary N) is 1. The molecule has 0 bridgehead atoms. The van der Waals surface area contributed by atoms with E-state index in [0.29, 0.717) is 0 Å². The van der Waals surface area contributed by atoms with Gasteiger partial charge in [0.2, 0.25) is 0 Å². The molecule has 0 aliphatic rings. The van der Waals surface area contributed by atoms with E-state index in [9.17, 15) is 14.9 Å². The number of nitrogens with zero attached hydrogens (tertiary/aromatic N) is 2. The van der Waals surface area contributed by atoms with E-state index in [1.165, 1.54) is 30.3 Å². The minimum absolute atomic E-state index is 0.176. The monoisotopic (exact) mass is 317 g/mol. The van der Waals surface area contributed by atoms with Gasteiger partial charge in [0.1, 0.15) is 23.2 Å².